The third kappa shape index (κ3) is 2.82. The fourth-order valence-corrected chi connectivity index (χ4v) is 4.48. The smallest absolute Gasteiger partial charge is 0.238 e. The Morgan fingerprint density at radius 3 is 1.94 bits per heavy atom. The molecule has 0 atom stereocenters. The first-order valence-corrected chi connectivity index (χ1v) is 11.0. The lowest BCUT2D eigenvalue weighted by atomic mass is 10.1. The molecule has 6 heteroatoms. The van der Waals surface area contributed by atoms with Gasteiger partial charge in [0.05, 0.1) is 11.0 Å². The molecule has 3 heterocycles. The molecule has 0 spiro atoms. The highest BCUT2D eigenvalue weighted by Gasteiger charge is 2.20. The van der Waals surface area contributed by atoms with Crippen LogP contribution >= 0.6 is 0 Å². The maximum atomic E-state index is 5.62. The molecule has 0 bridgehead atoms. The summed E-state index contributed by atoms with van der Waals surface area (Å²) in [5.41, 5.74) is 5.26. The van der Waals surface area contributed by atoms with Crippen molar-refractivity contribution in [1.29, 1.82) is 0 Å². The molecule has 34 heavy (non-hydrogen) atoms. The van der Waals surface area contributed by atoms with Gasteiger partial charge in [-0.25, -0.2) is 9.97 Å². The van der Waals surface area contributed by atoms with Gasteiger partial charge in [0.1, 0.15) is 5.52 Å². The maximum absolute atomic E-state index is 5.62. The van der Waals surface area contributed by atoms with Gasteiger partial charge in [0.15, 0.2) is 23.6 Å². The number of rotatable bonds is 3. The summed E-state index contributed by atoms with van der Waals surface area (Å²) in [5, 5.41) is 2.17. The Kier molecular flexibility index (Phi) is 4.04. The molecule has 0 amide bonds. The minimum absolute atomic E-state index is 0.536. The second kappa shape index (κ2) is 7.35. The van der Waals surface area contributed by atoms with E-state index in [1.54, 1.807) is 0 Å². The number of benzene rings is 4. The molecule has 160 valence electrons. The van der Waals surface area contributed by atoms with Gasteiger partial charge in [-0.3, -0.25) is 4.57 Å². The van der Waals surface area contributed by atoms with Gasteiger partial charge < -0.3 is 4.42 Å². The fourth-order valence-electron chi connectivity index (χ4n) is 4.48. The van der Waals surface area contributed by atoms with Gasteiger partial charge >= 0.3 is 0 Å². The summed E-state index contributed by atoms with van der Waals surface area (Å²) in [6.07, 6.45) is 1.48. The summed E-state index contributed by atoms with van der Waals surface area (Å²) >= 11 is 0. The molecule has 0 fully saturated rings. The summed E-state index contributed by atoms with van der Waals surface area (Å²) in [4.78, 5) is 19.2. The molecular weight excluding hydrogens is 422 g/mol. The van der Waals surface area contributed by atoms with Crippen LogP contribution in [0.2, 0.25) is 0 Å². The van der Waals surface area contributed by atoms with Crippen LogP contribution in [0, 0.1) is 0 Å². The summed E-state index contributed by atoms with van der Waals surface area (Å²) < 4.78 is 7.69. The van der Waals surface area contributed by atoms with Crippen molar-refractivity contribution < 1.29 is 4.42 Å². The summed E-state index contributed by atoms with van der Waals surface area (Å²) in [6, 6.07) is 32.2. The predicted molar refractivity (Wildman–Crippen MR) is 133 cm³/mol. The van der Waals surface area contributed by atoms with Gasteiger partial charge in [-0.2, -0.15) is 9.97 Å². The highest BCUT2D eigenvalue weighted by atomic mass is 16.3. The zero-order valence-corrected chi connectivity index (χ0v) is 18.0. The van der Waals surface area contributed by atoms with Crippen molar-refractivity contribution in [2.75, 3.05) is 0 Å². The summed E-state index contributed by atoms with van der Waals surface area (Å²) in [6.45, 7) is 0. The van der Waals surface area contributed by atoms with E-state index < -0.39 is 0 Å². The average Bonchev–Trinajstić information content (AvgIpc) is 3.52. The predicted octanol–water partition coefficient (Wildman–Crippen LogP) is 6.44. The van der Waals surface area contributed by atoms with E-state index >= 15 is 0 Å². The van der Waals surface area contributed by atoms with Crippen molar-refractivity contribution >= 4 is 32.9 Å². The molecule has 4 aromatic carbocycles. The number of fused-ring (bicyclic) bond motifs is 5. The molecule has 7 aromatic rings. The molecule has 7 rings (SSSR count). The van der Waals surface area contributed by atoms with Crippen molar-refractivity contribution in [3.8, 4) is 28.7 Å². The fraction of sp³-hybridized carbons (Fsp3) is 0. The number of nitrogens with zero attached hydrogens (tertiary/aromatic N) is 5. The number of aromatic nitrogens is 5. The van der Waals surface area contributed by atoms with E-state index in [1.165, 1.54) is 6.39 Å². The summed E-state index contributed by atoms with van der Waals surface area (Å²) in [7, 11) is 0. The van der Waals surface area contributed by atoms with Crippen molar-refractivity contribution in [1.82, 2.24) is 24.5 Å². The van der Waals surface area contributed by atoms with Crippen molar-refractivity contribution in [2.45, 2.75) is 0 Å². The molecule has 0 saturated carbocycles. The van der Waals surface area contributed by atoms with Crippen LogP contribution in [-0.4, -0.2) is 24.5 Å². The van der Waals surface area contributed by atoms with Crippen LogP contribution in [0.4, 0.5) is 0 Å². The molecular formula is C28H17N5O. The standard InChI is InChI=1S/C28H17N5O/c1-3-9-18(10-4-1)26-30-27(19-11-5-2-6-12-19)32-28(31-26)33-22-14-8-7-13-20(22)21-15-16-23-24(25(21)33)29-17-34-23/h1-17H. The highest BCUT2D eigenvalue weighted by molar-refractivity contribution is 6.16. The SMILES string of the molecule is c1ccc(-c2nc(-c3ccccc3)nc(-n3c4ccccc4c4ccc5ocnc5c43)n2)cc1. The van der Waals surface area contributed by atoms with Crippen LogP contribution in [0.15, 0.2) is 108 Å². The van der Waals surface area contributed by atoms with E-state index in [-0.39, 0.29) is 0 Å². The van der Waals surface area contributed by atoms with Crippen LogP contribution < -0.4 is 0 Å². The highest BCUT2D eigenvalue weighted by Crippen LogP contribution is 2.35. The largest absolute Gasteiger partial charge is 0.443 e. The Morgan fingerprint density at radius 2 is 1.24 bits per heavy atom. The lowest BCUT2D eigenvalue weighted by molar-refractivity contribution is 0.602. The Morgan fingerprint density at radius 1 is 0.588 bits per heavy atom. The van der Waals surface area contributed by atoms with Crippen LogP contribution in [0.5, 0.6) is 0 Å². The molecule has 6 nitrogen and oxygen atoms in total. The second-order valence-corrected chi connectivity index (χ2v) is 8.03. The molecule has 3 aromatic heterocycles. The number of oxazole rings is 1. The first-order chi connectivity index (χ1) is 16.9. The third-order valence-electron chi connectivity index (χ3n) is 6.02. The minimum atomic E-state index is 0.536. The first-order valence-electron chi connectivity index (χ1n) is 11.0. The summed E-state index contributed by atoms with van der Waals surface area (Å²) in [5.74, 6) is 1.76. The Labute approximate surface area is 194 Å². The Hall–Kier alpha value is -4.84. The number of hydrogen-bond donors (Lipinski definition) is 0. The van der Waals surface area contributed by atoms with Crippen LogP contribution in [0.25, 0.3) is 61.6 Å². The number of para-hydroxylation sites is 1. The van der Waals surface area contributed by atoms with Gasteiger partial charge in [-0.05, 0) is 18.2 Å². The second-order valence-electron chi connectivity index (χ2n) is 8.03. The Balaban J connectivity index is 1.62. The third-order valence-corrected chi connectivity index (χ3v) is 6.02. The van der Waals surface area contributed by atoms with E-state index in [2.05, 4.69) is 27.8 Å². The van der Waals surface area contributed by atoms with Crippen LogP contribution in [0.3, 0.4) is 0 Å². The molecule has 0 saturated heterocycles. The van der Waals surface area contributed by atoms with E-state index in [1.807, 2.05) is 78.9 Å². The Bertz CT molecular complexity index is 1750. The first kappa shape index (κ1) is 18.7. The van der Waals surface area contributed by atoms with Crippen molar-refractivity contribution in [2.24, 2.45) is 0 Å². The lowest BCUT2D eigenvalue weighted by Crippen LogP contribution is -2.06. The van der Waals surface area contributed by atoms with Gasteiger partial charge in [-0.1, -0.05) is 78.9 Å². The molecule has 0 unspecified atom stereocenters. The van der Waals surface area contributed by atoms with Crippen molar-refractivity contribution in [3.05, 3.63) is 103 Å². The molecule has 0 aliphatic rings. The molecule has 0 aliphatic carbocycles. The van der Waals surface area contributed by atoms with E-state index in [4.69, 9.17) is 19.4 Å². The van der Waals surface area contributed by atoms with Gasteiger partial charge in [-0.15, -0.1) is 0 Å². The van der Waals surface area contributed by atoms with E-state index in [0.717, 1.165) is 44.0 Å². The lowest BCUT2D eigenvalue weighted by Gasteiger charge is -2.10. The average molecular weight is 439 g/mol. The van der Waals surface area contributed by atoms with E-state index in [9.17, 15) is 0 Å². The van der Waals surface area contributed by atoms with Crippen molar-refractivity contribution in [3.63, 3.8) is 0 Å². The molecule has 0 radical (unpaired) electrons. The zero-order valence-electron chi connectivity index (χ0n) is 18.0. The van der Waals surface area contributed by atoms with Crippen LogP contribution in [-0.2, 0) is 0 Å². The normalized spacial score (nSPS) is 11.5. The molecule has 0 N–H and O–H groups in total. The van der Waals surface area contributed by atoms with Gasteiger partial charge in [0.25, 0.3) is 0 Å². The molecule has 0 aliphatic heterocycles. The van der Waals surface area contributed by atoms with Crippen LogP contribution in [0.1, 0.15) is 0 Å². The zero-order chi connectivity index (χ0) is 22.5. The quantitative estimate of drug-likeness (QED) is 0.317. The topological polar surface area (TPSA) is 69.6 Å². The van der Waals surface area contributed by atoms with E-state index in [0.29, 0.717) is 17.6 Å². The number of hydrogen-bond acceptors (Lipinski definition) is 5. The minimum Gasteiger partial charge on any atom is -0.443 e. The van der Waals surface area contributed by atoms with Gasteiger partial charge in [0.2, 0.25) is 5.95 Å². The van der Waals surface area contributed by atoms with Gasteiger partial charge in [0, 0.05) is 21.9 Å². The monoisotopic (exact) mass is 439 g/mol. The maximum Gasteiger partial charge on any atom is 0.238 e.